The van der Waals surface area contributed by atoms with Gasteiger partial charge in [0.25, 0.3) is 0 Å². The van der Waals surface area contributed by atoms with Crippen LogP contribution in [-0.4, -0.2) is 37.4 Å². The molecule has 2 atom stereocenters. The van der Waals surface area contributed by atoms with Crippen LogP contribution in [0, 0.1) is 0 Å². The Bertz CT molecular complexity index is 355. The molecular formula is C11H25ClN2O3S. The number of amides is 1. The molecule has 0 aliphatic heterocycles. The average molecular weight is 301 g/mol. The Balaban J connectivity index is 0. The van der Waals surface area contributed by atoms with Gasteiger partial charge < -0.3 is 11.1 Å². The molecule has 1 amide bonds. The van der Waals surface area contributed by atoms with Crippen molar-refractivity contribution in [2.75, 3.05) is 11.5 Å². The Kier molecular flexibility index (Phi) is 8.85. The molecule has 7 heteroatoms. The summed E-state index contributed by atoms with van der Waals surface area (Å²) < 4.78 is 22.8. The van der Waals surface area contributed by atoms with E-state index >= 15 is 0 Å². The van der Waals surface area contributed by atoms with Crippen molar-refractivity contribution in [3.8, 4) is 0 Å². The molecule has 0 aromatic carbocycles. The number of nitrogens with one attached hydrogen (secondary N) is 1. The van der Waals surface area contributed by atoms with E-state index < -0.39 is 21.4 Å². The summed E-state index contributed by atoms with van der Waals surface area (Å²) in [5.74, 6) is -0.252. The minimum absolute atomic E-state index is 0. The molecule has 0 fully saturated rings. The second kappa shape index (κ2) is 7.96. The van der Waals surface area contributed by atoms with Crippen molar-refractivity contribution < 1.29 is 13.2 Å². The summed E-state index contributed by atoms with van der Waals surface area (Å²) >= 11 is 0. The molecule has 0 aliphatic rings. The molecule has 0 radical (unpaired) electrons. The van der Waals surface area contributed by atoms with Gasteiger partial charge in [-0.1, -0.05) is 20.3 Å². The number of hydrogen-bond acceptors (Lipinski definition) is 4. The molecule has 0 heterocycles. The lowest BCUT2D eigenvalue weighted by atomic mass is 9.96. The van der Waals surface area contributed by atoms with Crippen LogP contribution >= 0.6 is 12.4 Å². The Labute approximate surface area is 116 Å². The van der Waals surface area contributed by atoms with Crippen molar-refractivity contribution in [2.24, 2.45) is 5.73 Å². The fraction of sp³-hybridized carbons (Fsp3) is 0.909. The van der Waals surface area contributed by atoms with Crippen molar-refractivity contribution in [1.82, 2.24) is 5.32 Å². The molecule has 0 rings (SSSR count). The first kappa shape index (κ1) is 20.0. The number of nitrogens with two attached hydrogens (primary N) is 1. The maximum Gasteiger partial charge on any atom is 0.240 e. The SMILES string of the molecule is CCCC(C)(N)C(=O)NC(C)CS(=O)(=O)CC.Cl. The van der Waals surface area contributed by atoms with E-state index in [1.165, 1.54) is 0 Å². The van der Waals surface area contributed by atoms with E-state index in [1.54, 1.807) is 20.8 Å². The quantitative estimate of drug-likeness (QED) is 0.730. The Morgan fingerprint density at radius 1 is 1.39 bits per heavy atom. The topological polar surface area (TPSA) is 89.3 Å². The smallest absolute Gasteiger partial charge is 0.240 e. The second-order valence-electron chi connectivity index (χ2n) is 4.74. The predicted octanol–water partition coefficient (Wildman–Crippen LogP) is 0.865. The number of halogens is 1. The summed E-state index contributed by atoms with van der Waals surface area (Å²) in [7, 11) is -3.08. The first-order chi connectivity index (χ1) is 7.64. The lowest BCUT2D eigenvalue weighted by molar-refractivity contribution is -0.126. The molecule has 0 spiro atoms. The molecule has 5 nitrogen and oxygen atoms in total. The zero-order valence-corrected chi connectivity index (χ0v) is 13.2. The van der Waals surface area contributed by atoms with E-state index in [4.69, 9.17) is 5.73 Å². The summed E-state index contributed by atoms with van der Waals surface area (Å²) in [5.41, 5.74) is 4.92. The van der Waals surface area contributed by atoms with Gasteiger partial charge in [-0.2, -0.15) is 0 Å². The zero-order chi connectivity index (χ0) is 13.7. The summed E-state index contributed by atoms with van der Waals surface area (Å²) in [4.78, 5) is 11.8. The van der Waals surface area contributed by atoms with E-state index in [2.05, 4.69) is 5.32 Å². The van der Waals surface area contributed by atoms with Gasteiger partial charge in [0.1, 0.15) is 0 Å². The van der Waals surface area contributed by atoms with Gasteiger partial charge in [-0.15, -0.1) is 12.4 Å². The highest BCUT2D eigenvalue weighted by Gasteiger charge is 2.28. The molecule has 0 saturated carbocycles. The lowest BCUT2D eigenvalue weighted by Crippen LogP contribution is -2.54. The third-order valence-corrected chi connectivity index (χ3v) is 4.50. The second-order valence-corrected chi connectivity index (χ2v) is 7.14. The van der Waals surface area contributed by atoms with Crippen LogP contribution in [-0.2, 0) is 14.6 Å². The van der Waals surface area contributed by atoms with Crippen LogP contribution in [0.5, 0.6) is 0 Å². The minimum Gasteiger partial charge on any atom is -0.351 e. The van der Waals surface area contributed by atoms with Gasteiger partial charge in [-0.05, 0) is 20.3 Å². The Morgan fingerprint density at radius 2 is 1.89 bits per heavy atom. The molecule has 110 valence electrons. The molecule has 3 N–H and O–H groups in total. The van der Waals surface area contributed by atoms with Crippen molar-refractivity contribution in [3.63, 3.8) is 0 Å². The maximum absolute atomic E-state index is 11.8. The monoisotopic (exact) mass is 300 g/mol. The molecule has 0 bridgehead atoms. The van der Waals surface area contributed by atoms with Crippen LogP contribution in [0.25, 0.3) is 0 Å². The van der Waals surface area contributed by atoms with Gasteiger partial charge in [0.2, 0.25) is 5.91 Å². The molecule has 0 aromatic heterocycles. The van der Waals surface area contributed by atoms with Crippen molar-refractivity contribution in [3.05, 3.63) is 0 Å². The van der Waals surface area contributed by atoms with Crippen molar-refractivity contribution in [1.29, 1.82) is 0 Å². The molecule has 0 saturated heterocycles. The summed E-state index contributed by atoms with van der Waals surface area (Å²) in [6.07, 6.45) is 1.38. The molecule has 0 aliphatic carbocycles. The molecule has 0 aromatic rings. The zero-order valence-electron chi connectivity index (χ0n) is 11.5. The maximum atomic E-state index is 11.8. The highest BCUT2D eigenvalue weighted by atomic mass is 35.5. The highest BCUT2D eigenvalue weighted by Crippen LogP contribution is 2.09. The molecule has 2 unspecified atom stereocenters. The van der Waals surface area contributed by atoms with Crippen LogP contribution in [0.1, 0.15) is 40.5 Å². The van der Waals surface area contributed by atoms with Crippen LogP contribution in [0.15, 0.2) is 0 Å². The van der Waals surface area contributed by atoms with E-state index in [-0.39, 0.29) is 29.8 Å². The summed E-state index contributed by atoms with van der Waals surface area (Å²) in [6, 6.07) is -0.410. The number of sulfone groups is 1. The van der Waals surface area contributed by atoms with Gasteiger partial charge in [-0.3, -0.25) is 4.79 Å². The van der Waals surface area contributed by atoms with Crippen LogP contribution in [0.3, 0.4) is 0 Å². The fourth-order valence-electron chi connectivity index (χ4n) is 1.56. The summed E-state index contributed by atoms with van der Waals surface area (Å²) in [5, 5.41) is 2.65. The Hall–Kier alpha value is -0.330. The number of rotatable bonds is 7. The van der Waals surface area contributed by atoms with Crippen LogP contribution in [0.4, 0.5) is 0 Å². The van der Waals surface area contributed by atoms with E-state index in [0.29, 0.717) is 6.42 Å². The van der Waals surface area contributed by atoms with Gasteiger partial charge >= 0.3 is 0 Å². The first-order valence-electron chi connectivity index (χ1n) is 5.95. The highest BCUT2D eigenvalue weighted by molar-refractivity contribution is 7.91. The standard InChI is InChI=1S/C11H24N2O3S.ClH/c1-5-7-11(4,12)10(14)13-9(3)8-17(15,16)6-2;/h9H,5-8,12H2,1-4H3,(H,13,14);1H. The van der Waals surface area contributed by atoms with Gasteiger partial charge in [0.05, 0.1) is 11.3 Å². The van der Waals surface area contributed by atoms with Gasteiger partial charge in [0, 0.05) is 11.8 Å². The number of carbonyl (C=O) groups is 1. The molecule has 18 heavy (non-hydrogen) atoms. The van der Waals surface area contributed by atoms with Crippen LogP contribution < -0.4 is 11.1 Å². The van der Waals surface area contributed by atoms with E-state index in [1.807, 2.05) is 6.92 Å². The van der Waals surface area contributed by atoms with Gasteiger partial charge in [-0.25, -0.2) is 8.42 Å². The molecular weight excluding hydrogens is 276 g/mol. The first-order valence-corrected chi connectivity index (χ1v) is 7.77. The fourth-order valence-corrected chi connectivity index (χ4v) is 2.64. The van der Waals surface area contributed by atoms with Crippen LogP contribution in [0.2, 0.25) is 0 Å². The van der Waals surface area contributed by atoms with Crippen molar-refractivity contribution >= 4 is 28.2 Å². The predicted molar refractivity (Wildman–Crippen MR) is 76.7 cm³/mol. The van der Waals surface area contributed by atoms with Gasteiger partial charge in [0.15, 0.2) is 9.84 Å². The Morgan fingerprint density at radius 3 is 2.28 bits per heavy atom. The third kappa shape index (κ3) is 7.18. The minimum atomic E-state index is -3.08. The lowest BCUT2D eigenvalue weighted by Gasteiger charge is -2.25. The van der Waals surface area contributed by atoms with E-state index in [0.717, 1.165) is 6.42 Å². The number of hydrogen-bond donors (Lipinski definition) is 2. The number of carbonyl (C=O) groups excluding carboxylic acids is 1. The summed E-state index contributed by atoms with van der Waals surface area (Å²) in [6.45, 7) is 6.87. The average Bonchev–Trinajstić information content (AvgIpc) is 2.16. The van der Waals surface area contributed by atoms with E-state index in [9.17, 15) is 13.2 Å². The normalized spacial score (nSPS) is 16.3. The largest absolute Gasteiger partial charge is 0.351 e. The third-order valence-electron chi connectivity index (χ3n) is 2.61. The van der Waals surface area contributed by atoms with Crippen molar-refractivity contribution in [2.45, 2.75) is 52.1 Å².